The van der Waals surface area contributed by atoms with Gasteiger partial charge in [-0.3, -0.25) is 9.59 Å². The van der Waals surface area contributed by atoms with Gasteiger partial charge in [-0.25, -0.2) is 4.79 Å². The van der Waals surface area contributed by atoms with Gasteiger partial charge in [0.15, 0.2) is 0 Å². The fraction of sp³-hybridized carbons (Fsp3) is 0.769. The molecule has 0 aromatic carbocycles. The van der Waals surface area contributed by atoms with Gasteiger partial charge in [0.05, 0.1) is 12.7 Å². The van der Waals surface area contributed by atoms with E-state index in [0.29, 0.717) is 0 Å². The predicted octanol–water partition coefficient (Wildman–Crippen LogP) is -2.21. The maximum atomic E-state index is 11.9. The van der Waals surface area contributed by atoms with Gasteiger partial charge in [-0.05, 0) is 19.3 Å². The minimum Gasteiger partial charge on any atom is -0.480 e. The van der Waals surface area contributed by atoms with Crippen LogP contribution in [0.1, 0.15) is 27.2 Å². The summed E-state index contributed by atoms with van der Waals surface area (Å²) in [7, 11) is 0. The van der Waals surface area contributed by atoms with E-state index in [1.807, 2.05) is 0 Å². The van der Waals surface area contributed by atoms with Gasteiger partial charge in [0, 0.05) is 0 Å². The predicted molar refractivity (Wildman–Crippen MR) is 77.7 cm³/mol. The number of aliphatic hydroxyl groups excluding tert-OH is 2. The van der Waals surface area contributed by atoms with Crippen LogP contribution in [0.2, 0.25) is 0 Å². The summed E-state index contributed by atoms with van der Waals surface area (Å²) in [5.41, 5.74) is 5.41. The third-order valence-electron chi connectivity index (χ3n) is 2.96. The monoisotopic (exact) mass is 319 g/mol. The second-order valence-corrected chi connectivity index (χ2v) is 5.54. The van der Waals surface area contributed by atoms with E-state index >= 15 is 0 Å². The van der Waals surface area contributed by atoms with Crippen molar-refractivity contribution in [1.82, 2.24) is 10.6 Å². The molecular formula is C13H25N3O6. The molecule has 0 saturated heterocycles. The molecule has 128 valence electrons. The van der Waals surface area contributed by atoms with Crippen molar-refractivity contribution < 1.29 is 29.7 Å². The van der Waals surface area contributed by atoms with Crippen LogP contribution in [0.4, 0.5) is 0 Å². The van der Waals surface area contributed by atoms with Crippen molar-refractivity contribution in [3.05, 3.63) is 0 Å². The van der Waals surface area contributed by atoms with Crippen molar-refractivity contribution in [3.63, 3.8) is 0 Å². The molecule has 22 heavy (non-hydrogen) atoms. The Morgan fingerprint density at radius 2 is 1.55 bits per heavy atom. The number of rotatable bonds is 9. The zero-order valence-corrected chi connectivity index (χ0v) is 12.9. The molecule has 4 unspecified atom stereocenters. The SMILES string of the molecule is CC(C)CC(NC(=O)C(CO)NC(=O)C(N)C(C)O)C(=O)O. The quantitative estimate of drug-likeness (QED) is 0.280. The molecule has 0 heterocycles. The summed E-state index contributed by atoms with van der Waals surface area (Å²) >= 11 is 0. The van der Waals surface area contributed by atoms with E-state index in [2.05, 4.69) is 10.6 Å². The van der Waals surface area contributed by atoms with E-state index in [-0.39, 0.29) is 12.3 Å². The largest absolute Gasteiger partial charge is 0.480 e. The zero-order valence-electron chi connectivity index (χ0n) is 12.9. The van der Waals surface area contributed by atoms with Crippen molar-refractivity contribution in [3.8, 4) is 0 Å². The average molecular weight is 319 g/mol. The zero-order chi connectivity index (χ0) is 17.4. The highest BCUT2D eigenvalue weighted by Gasteiger charge is 2.28. The molecular weight excluding hydrogens is 294 g/mol. The second kappa shape index (κ2) is 9.34. The Kier molecular flexibility index (Phi) is 8.61. The second-order valence-electron chi connectivity index (χ2n) is 5.54. The van der Waals surface area contributed by atoms with Crippen molar-refractivity contribution >= 4 is 17.8 Å². The molecule has 2 amide bonds. The van der Waals surface area contributed by atoms with E-state index in [1.54, 1.807) is 13.8 Å². The lowest BCUT2D eigenvalue weighted by atomic mass is 10.0. The van der Waals surface area contributed by atoms with Gasteiger partial charge in [-0.1, -0.05) is 13.8 Å². The molecule has 7 N–H and O–H groups in total. The van der Waals surface area contributed by atoms with Crippen LogP contribution in [0.15, 0.2) is 0 Å². The first kappa shape index (κ1) is 20.3. The first-order valence-corrected chi connectivity index (χ1v) is 6.98. The minimum absolute atomic E-state index is 0.0345. The number of hydrogen-bond donors (Lipinski definition) is 6. The Bertz CT molecular complexity index is 399. The Labute approximate surface area is 128 Å². The van der Waals surface area contributed by atoms with Gasteiger partial charge in [-0.2, -0.15) is 0 Å². The number of carbonyl (C=O) groups is 3. The molecule has 4 atom stereocenters. The summed E-state index contributed by atoms with van der Waals surface area (Å²) in [5.74, 6) is -2.82. The molecule has 0 spiro atoms. The number of carbonyl (C=O) groups excluding carboxylic acids is 2. The van der Waals surface area contributed by atoms with Crippen molar-refractivity contribution in [2.75, 3.05) is 6.61 Å². The van der Waals surface area contributed by atoms with Gasteiger partial charge in [0.25, 0.3) is 0 Å². The number of aliphatic carboxylic acids is 1. The summed E-state index contributed by atoms with van der Waals surface area (Å²) in [6, 6.07) is -3.72. The van der Waals surface area contributed by atoms with Crippen molar-refractivity contribution in [1.29, 1.82) is 0 Å². The van der Waals surface area contributed by atoms with Crippen LogP contribution in [-0.2, 0) is 14.4 Å². The van der Waals surface area contributed by atoms with Gasteiger partial charge in [0.2, 0.25) is 11.8 Å². The van der Waals surface area contributed by atoms with Crippen LogP contribution < -0.4 is 16.4 Å². The van der Waals surface area contributed by atoms with Crippen LogP contribution in [0.5, 0.6) is 0 Å². The van der Waals surface area contributed by atoms with E-state index in [4.69, 9.17) is 10.8 Å². The first-order chi connectivity index (χ1) is 10.1. The van der Waals surface area contributed by atoms with Crippen molar-refractivity contribution in [2.45, 2.75) is 51.4 Å². The maximum absolute atomic E-state index is 11.9. The summed E-state index contributed by atoms with van der Waals surface area (Å²) < 4.78 is 0. The maximum Gasteiger partial charge on any atom is 0.326 e. The number of carboxylic acid groups (broad SMARTS) is 1. The molecule has 0 bridgehead atoms. The number of nitrogens with one attached hydrogen (secondary N) is 2. The minimum atomic E-state index is -1.34. The van der Waals surface area contributed by atoms with Crippen LogP contribution in [0.25, 0.3) is 0 Å². The number of hydrogen-bond acceptors (Lipinski definition) is 6. The van der Waals surface area contributed by atoms with Gasteiger partial charge < -0.3 is 31.7 Å². The average Bonchev–Trinajstić information content (AvgIpc) is 2.41. The molecule has 0 saturated carbocycles. The van der Waals surface area contributed by atoms with E-state index in [9.17, 15) is 24.6 Å². The fourth-order valence-electron chi connectivity index (χ4n) is 1.65. The third kappa shape index (κ3) is 6.83. The summed E-state index contributed by atoms with van der Waals surface area (Å²) in [5, 5.41) is 31.9. The molecule has 0 aromatic heterocycles. The van der Waals surface area contributed by atoms with Crippen molar-refractivity contribution in [2.24, 2.45) is 11.7 Å². The molecule has 0 fully saturated rings. The first-order valence-electron chi connectivity index (χ1n) is 6.98. The van der Waals surface area contributed by atoms with Crippen LogP contribution in [0.3, 0.4) is 0 Å². The lowest BCUT2D eigenvalue weighted by molar-refractivity contribution is -0.143. The molecule has 9 nitrogen and oxygen atoms in total. The smallest absolute Gasteiger partial charge is 0.326 e. The highest BCUT2D eigenvalue weighted by atomic mass is 16.4. The highest BCUT2D eigenvalue weighted by molar-refractivity contribution is 5.92. The molecule has 0 rings (SSSR count). The van der Waals surface area contributed by atoms with E-state index in [1.165, 1.54) is 6.92 Å². The molecule has 0 aliphatic carbocycles. The van der Waals surface area contributed by atoms with E-state index in [0.717, 1.165) is 0 Å². The molecule has 9 heteroatoms. The standard InChI is InChI=1S/C13H25N3O6/c1-6(2)4-8(13(21)22)15-11(19)9(5-17)16-12(20)10(14)7(3)18/h6-10,17-18H,4-5,14H2,1-3H3,(H,15,19)(H,16,20)(H,21,22). The number of aliphatic hydroxyl groups is 2. The molecule has 0 aliphatic rings. The van der Waals surface area contributed by atoms with E-state index < -0.39 is 48.6 Å². The number of nitrogens with two attached hydrogens (primary N) is 1. The fourth-order valence-corrected chi connectivity index (χ4v) is 1.65. The number of amides is 2. The molecule has 0 aliphatic heterocycles. The summed E-state index contributed by atoms with van der Waals surface area (Å²) in [6.07, 6.45) is -0.921. The Hall–Kier alpha value is -1.71. The lowest BCUT2D eigenvalue weighted by Crippen LogP contribution is -2.57. The summed E-state index contributed by atoms with van der Waals surface area (Å²) in [6.45, 7) is 4.18. The van der Waals surface area contributed by atoms with Crippen LogP contribution in [-0.4, -0.2) is 63.9 Å². The van der Waals surface area contributed by atoms with Gasteiger partial charge in [0.1, 0.15) is 18.1 Å². The van der Waals surface area contributed by atoms with Crippen LogP contribution >= 0.6 is 0 Å². The van der Waals surface area contributed by atoms with Gasteiger partial charge in [-0.15, -0.1) is 0 Å². The van der Waals surface area contributed by atoms with Gasteiger partial charge >= 0.3 is 5.97 Å². The Morgan fingerprint density at radius 1 is 1.05 bits per heavy atom. The normalized spacial score (nSPS) is 16.5. The Morgan fingerprint density at radius 3 is 1.91 bits per heavy atom. The lowest BCUT2D eigenvalue weighted by Gasteiger charge is -2.22. The molecule has 0 aromatic rings. The summed E-state index contributed by atoms with van der Waals surface area (Å²) in [4.78, 5) is 34.7. The topological polar surface area (TPSA) is 162 Å². The molecule has 0 radical (unpaired) electrons. The Balaban J connectivity index is 4.76. The highest BCUT2D eigenvalue weighted by Crippen LogP contribution is 2.05. The van der Waals surface area contributed by atoms with Crippen LogP contribution in [0, 0.1) is 5.92 Å². The number of carboxylic acids is 1. The third-order valence-corrected chi connectivity index (χ3v) is 2.96.